The summed E-state index contributed by atoms with van der Waals surface area (Å²) in [6.07, 6.45) is 0.277. The van der Waals surface area contributed by atoms with Gasteiger partial charge in [-0.05, 0) is 59.5 Å². The number of nitrogens with one attached hydrogen (secondary N) is 1. The molecule has 7 nitrogen and oxygen atoms in total. The fourth-order valence-corrected chi connectivity index (χ4v) is 4.09. The molecule has 192 valence electrons. The maximum absolute atomic E-state index is 13.3. The zero-order valence-corrected chi connectivity index (χ0v) is 20.8. The smallest absolute Gasteiger partial charge is 0.252 e. The van der Waals surface area contributed by atoms with E-state index in [1.54, 1.807) is 42.5 Å². The lowest BCUT2D eigenvalue weighted by Gasteiger charge is -2.14. The van der Waals surface area contributed by atoms with E-state index in [-0.39, 0.29) is 23.7 Å². The summed E-state index contributed by atoms with van der Waals surface area (Å²) < 4.78 is 25.2. The largest absolute Gasteiger partial charge is 0.492 e. The van der Waals surface area contributed by atoms with Gasteiger partial charge >= 0.3 is 0 Å². The number of carbonyl (C=O) groups is 2. The standard InChI is InChI=1S/C29H30FN3O4/c1-17(2)16-33-29(35)20-6-9-24(36-12-11-31)22(15-20)19-5-10-25-23(14-19)27(28(32)34)26(37-25)13-18-3-7-21(30)8-4-18/h3-10,14-15,17H,11-13,16,31H2,1-2H3,(H2,32,34)(H,33,35). The Labute approximate surface area is 214 Å². The van der Waals surface area contributed by atoms with Gasteiger partial charge in [0.1, 0.15) is 29.5 Å². The van der Waals surface area contributed by atoms with Crippen LogP contribution < -0.4 is 21.5 Å². The Balaban J connectivity index is 1.78. The first-order valence-corrected chi connectivity index (χ1v) is 12.1. The van der Waals surface area contributed by atoms with Crippen molar-refractivity contribution in [2.45, 2.75) is 20.3 Å². The second-order valence-corrected chi connectivity index (χ2v) is 9.23. The van der Waals surface area contributed by atoms with Gasteiger partial charge in [-0.25, -0.2) is 4.39 Å². The Morgan fingerprint density at radius 1 is 1.05 bits per heavy atom. The van der Waals surface area contributed by atoms with Crippen molar-refractivity contribution in [1.82, 2.24) is 5.32 Å². The van der Waals surface area contributed by atoms with E-state index in [0.717, 1.165) is 11.1 Å². The van der Waals surface area contributed by atoms with Gasteiger partial charge in [0.2, 0.25) is 0 Å². The summed E-state index contributed by atoms with van der Waals surface area (Å²) in [5, 5.41) is 3.47. The van der Waals surface area contributed by atoms with Crippen LogP contribution in [-0.2, 0) is 6.42 Å². The molecule has 0 radical (unpaired) electrons. The van der Waals surface area contributed by atoms with Crippen molar-refractivity contribution in [3.05, 3.63) is 88.9 Å². The van der Waals surface area contributed by atoms with E-state index >= 15 is 0 Å². The van der Waals surface area contributed by atoms with Crippen LogP contribution in [0.4, 0.5) is 4.39 Å². The highest BCUT2D eigenvalue weighted by molar-refractivity contribution is 6.07. The summed E-state index contributed by atoms with van der Waals surface area (Å²) in [7, 11) is 0. The van der Waals surface area contributed by atoms with Gasteiger partial charge in [0.15, 0.2) is 0 Å². The first-order valence-electron chi connectivity index (χ1n) is 12.1. The molecule has 0 atom stereocenters. The van der Waals surface area contributed by atoms with E-state index in [1.165, 1.54) is 12.1 Å². The molecule has 0 spiro atoms. The molecule has 5 N–H and O–H groups in total. The van der Waals surface area contributed by atoms with Crippen molar-refractivity contribution < 1.29 is 23.1 Å². The number of furan rings is 1. The van der Waals surface area contributed by atoms with E-state index in [9.17, 15) is 14.0 Å². The molecule has 0 fully saturated rings. The first-order chi connectivity index (χ1) is 17.8. The third kappa shape index (κ3) is 5.98. The molecule has 37 heavy (non-hydrogen) atoms. The second-order valence-electron chi connectivity index (χ2n) is 9.23. The average Bonchev–Trinajstić information content (AvgIpc) is 3.24. The van der Waals surface area contributed by atoms with E-state index in [0.29, 0.717) is 59.2 Å². The Kier molecular flexibility index (Phi) is 7.89. The summed E-state index contributed by atoms with van der Waals surface area (Å²) in [5.41, 5.74) is 14.8. The summed E-state index contributed by atoms with van der Waals surface area (Å²) in [6, 6.07) is 16.6. The molecule has 1 heterocycles. The average molecular weight is 504 g/mol. The lowest BCUT2D eigenvalue weighted by atomic mass is 9.98. The lowest BCUT2D eigenvalue weighted by Crippen LogP contribution is -2.27. The highest BCUT2D eigenvalue weighted by Crippen LogP contribution is 2.36. The maximum atomic E-state index is 13.3. The minimum atomic E-state index is -0.630. The Morgan fingerprint density at radius 2 is 1.81 bits per heavy atom. The van der Waals surface area contributed by atoms with Gasteiger partial charge in [-0.1, -0.05) is 32.0 Å². The highest BCUT2D eigenvalue weighted by atomic mass is 19.1. The Hall–Kier alpha value is -4.17. The SMILES string of the molecule is CC(C)CNC(=O)c1ccc(OCCN)c(-c2ccc3oc(Cc4ccc(F)cc4)c(C(N)=O)c3c2)c1. The Bertz CT molecular complexity index is 1430. The molecule has 0 saturated carbocycles. The molecular weight excluding hydrogens is 473 g/mol. The van der Waals surface area contributed by atoms with Gasteiger partial charge in [0.05, 0.1) is 5.56 Å². The number of nitrogens with two attached hydrogens (primary N) is 2. The molecule has 0 saturated heterocycles. The number of carbonyl (C=O) groups excluding carboxylic acids is 2. The van der Waals surface area contributed by atoms with Gasteiger partial charge in [-0.15, -0.1) is 0 Å². The van der Waals surface area contributed by atoms with Crippen molar-refractivity contribution >= 4 is 22.8 Å². The molecule has 1 aromatic heterocycles. The van der Waals surface area contributed by atoms with Gasteiger partial charge in [0, 0.05) is 36.0 Å². The van der Waals surface area contributed by atoms with Crippen molar-refractivity contribution in [2.75, 3.05) is 19.7 Å². The fourth-order valence-electron chi connectivity index (χ4n) is 4.09. The minimum Gasteiger partial charge on any atom is -0.492 e. The quantitative estimate of drug-likeness (QED) is 0.291. The number of fused-ring (bicyclic) bond motifs is 1. The van der Waals surface area contributed by atoms with Crippen molar-refractivity contribution in [1.29, 1.82) is 0 Å². The van der Waals surface area contributed by atoms with Crippen LogP contribution in [0.15, 0.2) is 65.1 Å². The van der Waals surface area contributed by atoms with Crippen LogP contribution in [0.1, 0.15) is 45.9 Å². The number of hydrogen-bond acceptors (Lipinski definition) is 5. The molecule has 0 aliphatic heterocycles. The van der Waals surface area contributed by atoms with Crippen LogP contribution in [0.25, 0.3) is 22.1 Å². The predicted octanol–water partition coefficient (Wildman–Crippen LogP) is 4.65. The molecule has 4 rings (SSSR count). The number of hydrogen-bond donors (Lipinski definition) is 3. The molecular formula is C29H30FN3O4. The number of benzene rings is 3. The van der Waals surface area contributed by atoms with Gasteiger partial charge in [-0.2, -0.15) is 0 Å². The number of primary amides is 1. The number of amides is 2. The molecule has 2 amide bonds. The predicted molar refractivity (Wildman–Crippen MR) is 141 cm³/mol. The third-order valence-electron chi connectivity index (χ3n) is 5.88. The molecule has 8 heteroatoms. The highest BCUT2D eigenvalue weighted by Gasteiger charge is 2.21. The van der Waals surface area contributed by atoms with Crippen LogP contribution in [0.5, 0.6) is 5.75 Å². The second kappa shape index (κ2) is 11.3. The zero-order valence-electron chi connectivity index (χ0n) is 20.8. The Morgan fingerprint density at radius 3 is 2.49 bits per heavy atom. The van der Waals surface area contributed by atoms with Crippen molar-refractivity contribution in [3.8, 4) is 16.9 Å². The van der Waals surface area contributed by atoms with Gasteiger partial charge in [0.25, 0.3) is 11.8 Å². The molecule has 0 unspecified atom stereocenters. The van der Waals surface area contributed by atoms with Crippen LogP contribution in [0.3, 0.4) is 0 Å². The van der Waals surface area contributed by atoms with Crippen LogP contribution >= 0.6 is 0 Å². The monoisotopic (exact) mass is 503 g/mol. The summed E-state index contributed by atoms with van der Waals surface area (Å²) in [5.74, 6) is 0.100. The van der Waals surface area contributed by atoms with Gasteiger partial charge in [-0.3, -0.25) is 9.59 Å². The minimum absolute atomic E-state index is 0.191. The summed E-state index contributed by atoms with van der Waals surface area (Å²) in [4.78, 5) is 25.2. The maximum Gasteiger partial charge on any atom is 0.252 e. The van der Waals surface area contributed by atoms with Crippen LogP contribution in [-0.4, -0.2) is 31.5 Å². The molecule has 4 aromatic rings. The fraction of sp³-hybridized carbons (Fsp3) is 0.241. The molecule has 0 aliphatic rings. The van der Waals surface area contributed by atoms with Crippen LogP contribution in [0, 0.1) is 11.7 Å². The number of halogens is 1. The van der Waals surface area contributed by atoms with Crippen molar-refractivity contribution in [3.63, 3.8) is 0 Å². The van der Waals surface area contributed by atoms with E-state index in [2.05, 4.69) is 5.32 Å². The van der Waals surface area contributed by atoms with E-state index in [1.807, 2.05) is 19.9 Å². The van der Waals surface area contributed by atoms with Crippen LogP contribution in [0.2, 0.25) is 0 Å². The zero-order chi connectivity index (χ0) is 26.5. The molecule has 0 aliphatic carbocycles. The van der Waals surface area contributed by atoms with E-state index in [4.69, 9.17) is 20.6 Å². The molecule has 3 aromatic carbocycles. The normalized spacial score (nSPS) is 11.2. The topological polar surface area (TPSA) is 121 Å². The van der Waals surface area contributed by atoms with Crippen molar-refractivity contribution in [2.24, 2.45) is 17.4 Å². The summed E-state index contributed by atoms with van der Waals surface area (Å²) >= 11 is 0. The third-order valence-corrected chi connectivity index (χ3v) is 5.88. The van der Waals surface area contributed by atoms with Gasteiger partial charge < -0.3 is 25.9 Å². The number of ether oxygens (including phenoxy) is 1. The van der Waals surface area contributed by atoms with E-state index < -0.39 is 5.91 Å². The molecule has 0 bridgehead atoms. The summed E-state index contributed by atoms with van der Waals surface area (Å²) in [6.45, 7) is 5.23. The lowest BCUT2D eigenvalue weighted by molar-refractivity contribution is 0.0947. The number of rotatable bonds is 10. The first kappa shape index (κ1) is 25.9.